The first kappa shape index (κ1) is 122. The van der Waals surface area contributed by atoms with Gasteiger partial charge < -0.3 is 36.9 Å². The van der Waals surface area contributed by atoms with Gasteiger partial charge in [-0.25, -0.2) is 0 Å². The molecule has 0 aliphatic carbocycles. The molecule has 0 aliphatic rings. The third-order valence-corrected chi connectivity index (χ3v) is 0. The van der Waals surface area contributed by atoms with Crippen molar-refractivity contribution in [2.75, 3.05) is 0 Å². The van der Waals surface area contributed by atoms with E-state index in [2.05, 4.69) is 0 Å². The van der Waals surface area contributed by atoms with E-state index in [4.69, 9.17) is 0 Å². The van der Waals surface area contributed by atoms with Crippen LogP contribution in [-0.2, 0) is 0 Å². The van der Waals surface area contributed by atoms with Crippen LogP contribution in [-0.4, -0.2) is 23.9 Å². The van der Waals surface area contributed by atoms with Crippen LogP contribution in [0.2, 0.25) is 0 Å². The third-order valence-electron chi connectivity index (χ3n) is 0. The molecular formula is H12K2N6Sn. The Morgan fingerprint density at radius 3 is 0.333 bits per heavy atom. The van der Waals surface area contributed by atoms with Crippen molar-refractivity contribution in [3.8, 4) is 0 Å². The normalized spacial score (nSPS) is 0. The van der Waals surface area contributed by atoms with E-state index in [1.807, 2.05) is 0 Å². The molecule has 0 saturated heterocycles. The predicted molar refractivity (Wildman–Crippen MR) is 37.5 cm³/mol. The first-order chi connectivity index (χ1) is 0. The molecule has 0 aromatic heterocycles. The molecule has 6 nitrogen and oxygen atoms in total. The van der Waals surface area contributed by atoms with E-state index in [0.717, 1.165) is 0 Å². The fraction of sp³-hybridized carbons (Fsp3) is 0. The van der Waals surface area contributed by atoms with Crippen molar-refractivity contribution in [2.24, 2.45) is 0 Å². The largest absolute Gasteiger partial charge is 4.00 e. The second-order valence-corrected chi connectivity index (χ2v) is 0. The Hall–Kier alpha value is 3.83. The Balaban J connectivity index is 0. The van der Waals surface area contributed by atoms with Crippen LogP contribution < -0.4 is 103 Å². The fourth-order valence-corrected chi connectivity index (χ4v) is 0. The summed E-state index contributed by atoms with van der Waals surface area (Å²) < 4.78 is 0. The summed E-state index contributed by atoms with van der Waals surface area (Å²) in [6, 6.07) is 0. The van der Waals surface area contributed by atoms with Gasteiger partial charge in [-0.1, -0.05) is 0 Å². The quantitative estimate of drug-likeness (QED) is 0.442. The Labute approximate surface area is 159 Å². The summed E-state index contributed by atoms with van der Waals surface area (Å²) in [6.45, 7) is 0. The van der Waals surface area contributed by atoms with E-state index in [-0.39, 0.29) is 164 Å². The zero-order valence-corrected chi connectivity index (χ0v) is 15.1. The maximum absolute atomic E-state index is 0. The topological polar surface area (TPSA) is 201 Å². The molecular weight excluding hydrogens is 281 g/mol. The van der Waals surface area contributed by atoms with Gasteiger partial charge in [0.1, 0.15) is 0 Å². The summed E-state index contributed by atoms with van der Waals surface area (Å²) in [5.74, 6) is 0. The average molecular weight is 293 g/mol. The molecule has 9 heteroatoms. The van der Waals surface area contributed by atoms with Gasteiger partial charge in [0.15, 0.2) is 0 Å². The Kier molecular flexibility index (Phi) is 1290. The minimum atomic E-state index is 0. The molecule has 0 aromatic rings. The molecule has 0 saturated carbocycles. The molecule has 0 fully saturated rings. The van der Waals surface area contributed by atoms with Crippen molar-refractivity contribution in [2.45, 2.75) is 0 Å². The van der Waals surface area contributed by atoms with E-state index >= 15 is 0 Å². The molecule has 0 amide bonds. The van der Waals surface area contributed by atoms with Crippen molar-refractivity contribution in [3.63, 3.8) is 0 Å². The SMILES string of the molecule is [K+].[K+].[NH2-].[NH2-].[NH2-].[NH2-].[NH2-].[NH2-].[Sn+4]. The van der Waals surface area contributed by atoms with Crippen LogP contribution in [0.4, 0.5) is 0 Å². The third kappa shape index (κ3) is 77.9. The number of hydrogen-bond donors (Lipinski definition) is 0. The van der Waals surface area contributed by atoms with Gasteiger partial charge in [-0.15, -0.1) is 0 Å². The maximum Gasteiger partial charge on any atom is 4.00 e. The van der Waals surface area contributed by atoms with E-state index in [1.165, 1.54) is 0 Å². The molecule has 0 radical (unpaired) electrons. The molecule has 0 aromatic carbocycles. The van der Waals surface area contributed by atoms with Gasteiger partial charge in [-0.2, -0.15) is 0 Å². The van der Waals surface area contributed by atoms with Gasteiger partial charge in [0.05, 0.1) is 0 Å². The number of rotatable bonds is 0. The summed E-state index contributed by atoms with van der Waals surface area (Å²) in [5, 5.41) is 0. The van der Waals surface area contributed by atoms with E-state index in [9.17, 15) is 0 Å². The van der Waals surface area contributed by atoms with Gasteiger partial charge in [-0.05, 0) is 0 Å². The summed E-state index contributed by atoms with van der Waals surface area (Å²) in [7, 11) is 0. The molecule has 0 aliphatic heterocycles. The predicted octanol–water partition coefficient (Wildman–Crippen LogP) is -2.07. The van der Waals surface area contributed by atoms with Crippen LogP contribution in [0.25, 0.3) is 36.9 Å². The zero-order chi connectivity index (χ0) is 0. The second kappa shape index (κ2) is 94.6. The first-order valence-corrected chi connectivity index (χ1v) is 0. The van der Waals surface area contributed by atoms with Crippen LogP contribution >= 0.6 is 0 Å². The number of hydrogen-bond acceptors (Lipinski definition) is 0. The van der Waals surface area contributed by atoms with Crippen LogP contribution in [0.15, 0.2) is 0 Å². The first-order valence-electron chi connectivity index (χ1n) is 0. The van der Waals surface area contributed by atoms with Gasteiger partial charge in [0, 0.05) is 0 Å². The van der Waals surface area contributed by atoms with E-state index < -0.39 is 0 Å². The van der Waals surface area contributed by atoms with Gasteiger partial charge in [0.2, 0.25) is 0 Å². The standard InChI is InChI=1S/2K.6H2N.Sn/h;;6*1H2;/q2*+1;6*-1;+4. The molecule has 12 N–H and O–H groups in total. The molecule has 0 unspecified atom stereocenters. The van der Waals surface area contributed by atoms with Crippen molar-refractivity contribution in [1.29, 1.82) is 0 Å². The molecule has 0 rings (SSSR count). The number of nitrogens with two attached hydrogens (primary N) is 6. The summed E-state index contributed by atoms with van der Waals surface area (Å²) in [4.78, 5) is 0. The maximum atomic E-state index is 0. The monoisotopic (exact) mass is 294 g/mol. The van der Waals surface area contributed by atoms with Crippen LogP contribution in [0, 0.1) is 0 Å². The van der Waals surface area contributed by atoms with Gasteiger partial charge >= 0.3 is 127 Å². The Bertz CT molecular complexity index is 11.0. The minimum Gasteiger partial charge on any atom is -0.693 e. The van der Waals surface area contributed by atoms with Gasteiger partial charge in [-0.3, -0.25) is 0 Å². The molecule has 48 valence electrons. The van der Waals surface area contributed by atoms with Crippen LogP contribution in [0.1, 0.15) is 0 Å². The van der Waals surface area contributed by atoms with Crippen molar-refractivity contribution in [1.82, 2.24) is 0 Å². The van der Waals surface area contributed by atoms with Crippen molar-refractivity contribution >= 4 is 23.9 Å². The van der Waals surface area contributed by atoms with E-state index in [0.29, 0.717) is 0 Å². The minimum absolute atomic E-state index is 0. The molecule has 0 bridgehead atoms. The molecule has 0 atom stereocenters. The molecule has 0 spiro atoms. The van der Waals surface area contributed by atoms with Crippen LogP contribution in [0.5, 0.6) is 0 Å². The van der Waals surface area contributed by atoms with Crippen molar-refractivity contribution < 1.29 is 103 Å². The van der Waals surface area contributed by atoms with Crippen LogP contribution in [0.3, 0.4) is 0 Å². The smallest absolute Gasteiger partial charge is 0.693 e. The second-order valence-electron chi connectivity index (χ2n) is 0. The van der Waals surface area contributed by atoms with Gasteiger partial charge in [0.25, 0.3) is 0 Å². The summed E-state index contributed by atoms with van der Waals surface area (Å²) in [5.41, 5.74) is 0. The van der Waals surface area contributed by atoms with Crippen molar-refractivity contribution in [3.05, 3.63) is 36.9 Å². The Morgan fingerprint density at radius 2 is 0.333 bits per heavy atom. The molecule has 0 heterocycles. The average Bonchev–Trinajstić information content (AvgIpc) is 0. The fourth-order valence-electron chi connectivity index (χ4n) is 0. The van der Waals surface area contributed by atoms with E-state index in [1.54, 1.807) is 0 Å². The summed E-state index contributed by atoms with van der Waals surface area (Å²) in [6.07, 6.45) is 0. The Morgan fingerprint density at radius 1 is 0.333 bits per heavy atom. The summed E-state index contributed by atoms with van der Waals surface area (Å²) >= 11 is 0. The zero-order valence-electron chi connectivity index (χ0n) is 5.96. The molecule has 9 heavy (non-hydrogen) atoms.